The first kappa shape index (κ1) is 12.0. The Morgan fingerprint density at radius 3 is 2.47 bits per heavy atom. The van der Waals surface area contributed by atoms with Gasteiger partial charge in [-0.05, 0) is 13.3 Å². The molecule has 0 aliphatic heterocycles. The standard InChI is InChI=1S/C8H15N3O3S/c1-3-4-5-11-8(12)7(6(2)10-11)15(9,13)14/h10H,3-5H2,1-2H3,(H2,9,13,14). The molecule has 0 unspecified atom stereocenters. The van der Waals surface area contributed by atoms with E-state index >= 15 is 0 Å². The van der Waals surface area contributed by atoms with E-state index in [1.807, 2.05) is 6.92 Å². The van der Waals surface area contributed by atoms with Crippen LogP contribution in [-0.4, -0.2) is 18.2 Å². The van der Waals surface area contributed by atoms with Gasteiger partial charge >= 0.3 is 0 Å². The van der Waals surface area contributed by atoms with Crippen molar-refractivity contribution >= 4 is 10.0 Å². The molecule has 7 heteroatoms. The van der Waals surface area contributed by atoms with Crippen molar-refractivity contribution < 1.29 is 8.42 Å². The number of unbranched alkanes of at least 4 members (excludes halogenated alkanes) is 1. The molecule has 0 fully saturated rings. The van der Waals surface area contributed by atoms with Gasteiger partial charge < -0.3 is 0 Å². The molecule has 0 atom stereocenters. The molecule has 0 spiro atoms. The maximum absolute atomic E-state index is 11.6. The molecule has 1 aromatic rings. The van der Waals surface area contributed by atoms with Crippen LogP contribution in [0, 0.1) is 6.92 Å². The fraction of sp³-hybridized carbons (Fsp3) is 0.625. The fourth-order valence-electron chi connectivity index (χ4n) is 1.40. The van der Waals surface area contributed by atoms with Gasteiger partial charge in [-0.2, -0.15) is 0 Å². The summed E-state index contributed by atoms with van der Waals surface area (Å²) in [5, 5.41) is 7.64. The van der Waals surface area contributed by atoms with Gasteiger partial charge in [0, 0.05) is 6.54 Å². The number of aromatic nitrogens is 2. The third-order valence-corrected chi connectivity index (χ3v) is 3.15. The maximum Gasteiger partial charge on any atom is 0.286 e. The van der Waals surface area contributed by atoms with Crippen LogP contribution in [0.4, 0.5) is 0 Å². The highest BCUT2D eigenvalue weighted by molar-refractivity contribution is 7.89. The molecule has 0 aromatic carbocycles. The largest absolute Gasteiger partial charge is 0.299 e. The number of sulfonamides is 1. The van der Waals surface area contributed by atoms with E-state index in [0.717, 1.165) is 12.8 Å². The average Bonchev–Trinajstić information content (AvgIpc) is 2.36. The lowest BCUT2D eigenvalue weighted by Crippen LogP contribution is -2.25. The number of hydrogen-bond acceptors (Lipinski definition) is 3. The number of rotatable bonds is 4. The molecule has 15 heavy (non-hydrogen) atoms. The van der Waals surface area contributed by atoms with Crippen LogP contribution < -0.4 is 10.7 Å². The van der Waals surface area contributed by atoms with Crippen LogP contribution in [0.2, 0.25) is 0 Å². The van der Waals surface area contributed by atoms with Gasteiger partial charge in [0.1, 0.15) is 0 Å². The lowest BCUT2D eigenvalue weighted by atomic mass is 10.3. The average molecular weight is 233 g/mol. The van der Waals surface area contributed by atoms with Crippen LogP contribution in [-0.2, 0) is 16.6 Å². The Kier molecular flexibility index (Phi) is 3.35. The van der Waals surface area contributed by atoms with Crippen molar-refractivity contribution in [3.05, 3.63) is 16.0 Å². The number of aromatic amines is 1. The Hall–Kier alpha value is -1.08. The number of nitrogens with zero attached hydrogens (tertiary/aromatic N) is 1. The van der Waals surface area contributed by atoms with E-state index in [0.29, 0.717) is 12.2 Å². The molecule has 0 aliphatic carbocycles. The van der Waals surface area contributed by atoms with Gasteiger partial charge in [-0.3, -0.25) is 14.6 Å². The Morgan fingerprint density at radius 1 is 1.47 bits per heavy atom. The van der Waals surface area contributed by atoms with Crippen molar-refractivity contribution in [3.8, 4) is 0 Å². The van der Waals surface area contributed by atoms with Gasteiger partial charge in [0.2, 0.25) is 10.0 Å². The number of H-pyrrole nitrogens is 1. The molecule has 6 nitrogen and oxygen atoms in total. The van der Waals surface area contributed by atoms with E-state index in [4.69, 9.17) is 5.14 Å². The van der Waals surface area contributed by atoms with Crippen LogP contribution in [0.3, 0.4) is 0 Å². The summed E-state index contributed by atoms with van der Waals surface area (Å²) in [5.41, 5.74) is -0.276. The summed E-state index contributed by atoms with van der Waals surface area (Å²) >= 11 is 0. The van der Waals surface area contributed by atoms with Crippen LogP contribution in [0.1, 0.15) is 25.5 Å². The van der Waals surface area contributed by atoms with Crippen LogP contribution in [0.25, 0.3) is 0 Å². The van der Waals surface area contributed by atoms with Crippen molar-refractivity contribution in [3.63, 3.8) is 0 Å². The normalized spacial score (nSPS) is 11.9. The second kappa shape index (κ2) is 4.19. The predicted octanol–water partition coefficient (Wildman–Crippen LogP) is -0.0677. The number of hydrogen-bond donors (Lipinski definition) is 2. The van der Waals surface area contributed by atoms with Gasteiger partial charge in [-0.1, -0.05) is 13.3 Å². The molecule has 3 N–H and O–H groups in total. The van der Waals surface area contributed by atoms with Crippen LogP contribution in [0.15, 0.2) is 9.69 Å². The molecule has 0 saturated heterocycles. The van der Waals surface area contributed by atoms with Crippen molar-refractivity contribution in [2.45, 2.75) is 38.1 Å². The van der Waals surface area contributed by atoms with Crippen molar-refractivity contribution in [2.75, 3.05) is 0 Å². The first-order chi connectivity index (χ1) is 6.88. The van der Waals surface area contributed by atoms with Crippen LogP contribution in [0.5, 0.6) is 0 Å². The zero-order chi connectivity index (χ0) is 11.6. The zero-order valence-electron chi connectivity index (χ0n) is 8.78. The quantitative estimate of drug-likeness (QED) is 0.761. The smallest absolute Gasteiger partial charge is 0.286 e. The van der Waals surface area contributed by atoms with Gasteiger partial charge in [-0.25, -0.2) is 13.6 Å². The lowest BCUT2D eigenvalue weighted by molar-refractivity contribution is 0.551. The van der Waals surface area contributed by atoms with E-state index in [2.05, 4.69) is 5.10 Å². The third-order valence-electron chi connectivity index (χ3n) is 2.10. The topological polar surface area (TPSA) is 97.9 Å². The first-order valence-corrected chi connectivity index (χ1v) is 6.24. The van der Waals surface area contributed by atoms with Gasteiger partial charge in [0.25, 0.3) is 5.56 Å². The number of nitrogens with one attached hydrogen (secondary N) is 1. The molecule has 0 bridgehead atoms. The highest BCUT2D eigenvalue weighted by atomic mass is 32.2. The van der Waals surface area contributed by atoms with E-state index in [1.165, 1.54) is 11.6 Å². The van der Waals surface area contributed by atoms with Gasteiger partial charge in [-0.15, -0.1) is 0 Å². The summed E-state index contributed by atoms with van der Waals surface area (Å²) in [5.74, 6) is 0. The second-order valence-electron chi connectivity index (χ2n) is 3.42. The van der Waals surface area contributed by atoms with Gasteiger partial charge in [0.05, 0.1) is 5.69 Å². The SMILES string of the molecule is CCCCn1[nH]c(C)c(S(N)(=O)=O)c1=O. The number of nitrogens with two attached hydrogens (primary N) is 1. The molecule has 0 amide bonds. The highest BCUT2D eigenvalue weighted by Crippen LogP contribution is 2.05. The molecule has 1 aromatic heterocycles. The molecule has 86 valence electrons. The molecule has 1 rings (SSSR count). The van der Waals surface area contributed by atoms with E-state index in [-0.39, 0.29) is 4.90 Å². The molecular weight excluding hydrogens is 218 g/mol. The molecule has 0 saturated carbocycles. The summed E-state index contributed by atoms with van der Waals surface area (Å²) in [6.45, 7) is 3.98. The molecular formula is C8H15N3O3S. The highest BCUT2D eigenvalue weighted by Gasteiger charge is 2.20. The Labute approximate surface area is 88.1 Å². The summed E-state index contributed by atoms with van der Waals surface area (Å²) in [4.78, 5) is 11.3. The lowest BCUT2D eigenvalue weighted by Gasteiger charge is -1.97. The Bertz CT molecular complexity index is 498. The molecule has 0 radical (unpaired) electrons. The van der Waals surface area contributed by atoms with E-state index in [1.54, 1.807) is 0 Å². The fourth-order valence-corrected chi connectivity index (χ4v) is 2.22. The summed E-state index contributed by atoms with van der Waals surface area (Å²) < 4.78 is 23.5. The van der Waals surface area contributed by atoms with Crippen molar-refractivity contribution in [2.24, 2.45) is 5.14 Å². The van der Waals surface area contributed by atoms with Crippen molar-refractivity contribution in [1.82, 2.24) is 9.78 Å². The second-order valence-corrected chi connectivity index (χ2v) is 4.92. The molecule has 0 aliphatic rings. The minimum Gasteiger partial charge on any atom is -0.299 e. The minimum atomic E-state index is -3.93. The Balaban J connectivity index is 3.22. The summed E-state index contributed by atoms with van der Waals surface area (Å²) in [6.07, 6.45) is 1.74. The number of aryl methyl sites for hydroxylation is 2. The third kappa shape index (κ3) is 2.48. The minimum absolute atomic E-state index is 0.290. The van der Waals surface area contributed by atoms with Gasteiger partial charge in [0.15, 0.2) is 4.90 Å². The van der Waals surface area contributed by atoms with E-state index in [9.17, 15) is 13.2 Å². The number of primary sulfonamides is 1. The van der Waals surface area contributed by atoms with Crippen molar-refractivity contribution in [1.29, 1.82) is 0 Å². The summed E-state index contributed by atoms with van der Waals surface area (Å²) in [7, 11) is -3.93. The first-order valence-electron chi connectivity index (χ1n) is 4.70. The Morgan fingerprint density at radius 2 is 2.07 bits per heavy atom. The van der Waals surface area contributed by atoms with E-state index < -0.39 is 15.6 Å². The predicted molar refractivity (Wildman–Crippen MR) is 56.1 cm³/mol. The van der Waals surface area contributed by atoms with Crippen LogP contribution >= 0.6 is 0 Å². The molecule has 1 heterocycles. The maximum atomic E-state index is 11.6. The monoisotopic (exact) mass is 233 g/mol. The zero-order valence-corrected chi connectivity index (χ0v) is 9.60. The summed E-state index contributed by atoms with van der Waals surface area (Å²) in [6, 6.07) is 0.